The van der Waals surface area contributed by atoms with E-state index >= 15 is 0 Å². The van der Waals surface area contributed by atoms with Crippen LogP contribution in [0.15, 0.2) is 18.2 Å². The molecule has 1 saturated heterocycles. The van der Waals surface area contributed by atoms with E-state index in [0.29, 0.717) is 26.2 Å². The molecule has 0 saturated carbocycles. The second kappa shape index (κ2) is 7.27. The molecule has 1 aliphatic rings. The molecule has 0 spiro atoms. The number of halogens is 2. The molecule has 0 bridgehead atoms. The number of nitrogens with two attached hydrogens (primary N) is 1. The van der Waals surface area contributed by atoms with Gasteiger partial charge in [-0.2, -0.15) is 0 Å². The Labute approximate surface area is 140 Å². The number of benzene rings is 1. The van der Waals surface area contributed by atoms with Crippen LogP contribution in [0, 0.1) is 11.7 Å². The lowest BCUT2D eigenvalue weighted by molar-refractivity contribution is -0.137. The van der Waals surface area contributed by atoms with Gasteiger partial charge >= 0.3 is 0 Å². The summed E-state index contributed by atoms with van der Waals surface area (Å²) in [7, 11) is 0. The summed E-state index contributed by atoms with van der Waals surface area (Å²) >= 11 is 5.93. The van der Waals surface area contributed by atoms with Crippen molar-refractivity contribution >= 4 is 23.4 Å². The molecule has 2 unspecified atom stereocenters. The second-order valence-electron chi connectivity index (χ2n) is 5.86. The van der Waals surface area contributed by atoms with E-state index < -0.39 is 11.7 Å². The maximum absolute atomic E-state index is 13.8. The van der Waals surface area contributed by atoms with E-state index in [1.165, 1.54) is 23.1 Å². The van der Waals surface area contributed by atoms with Crippen LogP contribution in [0.2, 0.25) is 5.02 Å². The van der Waals surface area contributed by atoms with E-state index in [0.717, 1.165) is 0 Å². The third kappa shape index (κ3) is 3.82. The standard InChI is InChI=1S/C16H21ClFN3O2/c1-10(11(2)19)15(22)20-6-8-21(9-7-20)16(23)14-12(17)4-3-5-13(14)18/h3-5,10-11H,6-9,19H2,1-2H3. The molecule has 1 aliphatic heterocycles. The quantitative estimate of drug-likeness (QED) is 0.910. The van der Waals surface area contributed by atoms with Gasteiger partial charge in [0.25, 0.3) is 5.91 Å². The molecule has 1 aromatic carbocycles. The highest BCUT2D eigenvalue weighted by Gasteiger charge is 2.30. The van der Waals surface area contributed by atoms with E-state index in [4.69, 9.17) is 17.3 Å². The molecule has 1 fully saturated rings. The number of rotatable bonds is 3. The van der Waals surface area contributed by atoms with Gasteiger partial charge in [-0.15, -0.1) is 0 Å². The molecule has 23 heavy (non-hydrogen) atoms. The Hall–Kier alpha value is -1.66. The number of piperazine rings is 1. The van der Waals surface area contributed by atoms with Gasteiger partial charge in [-0.25, -0.2) is 4.39 Å². The van der Waals surface area contributed by atoms with Crippen LogP contribution in [0.4, 0.5) is 4.39 Å². The van der Waals surface area contributed by atoms with Gasteiger partial charge in [-0.1, -0.05) is 24.6 Å². The number of carbonyl (C=O) groups excluding carboxylic acids is 2. The lowest BCUT2D eigenvalue weighted by Crippen LogP contribution is -2.53. The van der Waals surface area contributed by atoms with Crippen LogP contribution in [0.1, 0.15) is 24.2 Å². The van der Waals surface area contributed by atoms with Crippen LogP contribution >= 0.6 is 11.6 Å². The zero-order valence-electron chi connectivity index (χ0n) is 13.3. The van der Waals surface area contributed by atoms with Crippen molar-refractivity contribution in [1.29, 1.82) is 0 Å². The average molecular weight is 342 g/mol. The Kier molecular flexibility index (Phi) is 5.59. The molecule has 0 radical (unpaired) electrons. The van der Waals surface area contributed by atoms with Gasteiger partial charge < -0.3 is 15.5 Å². The highest BCUT2D eigenvalue weighted by molar-refractivity contribution is 6.33. The first-order chi connectivity index (χ1) is 10.8. The monoisotopic (exact) mass is 341 g/mol. The van der Waals surface area contributed by atoms with Crippen molar-refractivity contribution in [2.75, 3.05) is 26.2 Å². The first-order valence-corrected chi connectivity index (χ1v) is 7.98. The summed E-state index contributed by atoms with van der Waals surface area (Å²) < 4.78 is 13.8. The minimum Gasteiger partial charge on any atom is -0.339 e. The maximum atomic E-state index is 13.8. The predicted octanol–water partition coefficient (Wildman–Crippen LogP) is 1.75. The first kappa shape index (κ1) is 17.7. The third-order valence-electron chi connectivity index (χ3n) is 4.23. The van der Waals surface area contributed by atoms with Gasteiger partial charge in [-0.05, 0) is 19.1 Å². The summed E-state index contributed by atoms with van der Waals surface area (Å²) in [6, 6.07) is 3.94. The Morgan fingerprint density at radius 3 is 2.26 bits per heavy atom. The maximum Gasteiger partial charge on any atom is 0.258 e. The Morgan fingerprint density at radius 1 is 1.17 bits per heavy atom. The number of hydrogen-bond acceptors (Lipinski definition) is 3. The number of amides is 2. The van der Waals surface area contributed by atoms with Crippen molar-refractivity contribution in [1.82, 2.24) is 9.80 Å². The van der Waals surface area contributed by atoms with E-state index in [1.54, 1.807) is 18.7 Å². The van der Waals surface area contributed by atoms with E-state index in [9.17, 15) is 14.0 Å². The number of hydrogen-bond donors (Lipinski definition) is 1. The van der Waals surface area contributed by atoms with Crippen LogP contribution in [-0.4, -0.2) is 53.8 Å². The summed E-state index contributed by atoms with van der Waals surface area (Å²) in [6.45, 7) is 5.11. The van der Waals surface area contributed by atoms with Crippen molar-refractivity contribution in [2.24, 2.45) is 11.7 Å². The molecule has 1 heterocycles. The number of carbonyl (C=O) groups is 2. The molecule has 2 N–H and O–H groups in total. The van der Waals surface area contributed by atoms with Gasteiger partial charge in [-0.3, -0.25) is 9.59 Å². The molecule has 5 nitrogen and oxygen atoms in total. The van der Waals surface area contributed by atoms with Crippen molar-refractivity contribution < 1.29 is 14.0 Å². The van der Waals surface area contributed by atoms with Gasteiger partial charge in [0.2, 0.25) is 5.91 Å². The zero-order chi connectivity index (χ0) is 17.1. The van der Waals surface area contributed by atoms with E-state index in [2.05, 4.69) is 0 Å². The molecule has 2 atom stereocenters. The second-order valence-corrected chi connectivity index (χ2v) is 6.27. The Bertz CT molecular complexity index is 581. The van der Waals surface area contributed by atoms with Crippen LogP contribution < -0.4 is 5.73 Å². The minimum atomic E-state index is -0.633. The summed E-state index contributed by atoms with van der Waals surface area (Å²) in [5, 5.41) is 0.0964. The van der Waals surface area contributed by atoms with Gasteiger partial charge in [0.05, 0.1) is 16.5 Å². The molecular weight excluding hydrogens is 321 g/mol. The topological polar surface area (TPSA) is 66.6 Å². The molecule has 126 valence electrons. The lowest BCUT2D eigenvalue weighted by atomic mass is 10.0. The molecule has 1 aromatic rings. The molecule has 2 rings (SSSR count). The summed E-state index contributed by atoms with van der Waals surface area (Å²) in [6.07, 6.45) is 0. The molecule has 0 aromatic heterocycles. The van der Waals surface area contributed by atoms with Crippen LogP contribution in [-0.2, 0) is 4.79 Å². The van der Waals surface area contributed by atoms with Crippen molar-refractivity contribution in [3.63, 3.8) is 0 Å². The summed E-state index contributed by atoms with van der Waals surface area (Å²) in [5.74, 6) is -1.36. The molecular formula is C16H21ClFN3O2. The highest BCUT2D eigenvalue weighted by Crippen LogP contribution is 2.21. The van der Waals surface area contributed by atoms with E-state index in [1.807, 2.05) is 0 Å². The van der Waals surface area contributed by atoms with Crippen molar-refractivity contribution in [3.8, 4) is 0 Å². The van der Waals surface area contributed by atoms with Gasteiger partial charge in [0, 0.05) is 32.2 Å². The molecule has 7 heteroatoms. The molecule has 2 amide bonds. The highest BCUT2D eigenvalue weighted by atomic mass is 35.5. The van der Waals surface area contributed by atoms with Crippen LogP contribution in [0.5, 0.6) is 0 Å². The lowest BCUT2D eigenvalue weighted by Gasteiger charge is -2.36. The first-order valence-electron chi connectivity index (χ1n) is 7.60. The summed E-state index contributed by atoms with van der Waals surface area (Å²) in [5.41, 5.74) is 5.65. The fourth-order valence-electron chi connectivity index (χ4n) is 2.50. The smallest absolute Gasteiger partial charge is 0.258 e. The van der Waals surface area contributed by atoms with Crippen LogP contribution in [0.25, 0.3) is 0 Å². The van der Waals surface area contributed by atoms with Crippen molar-refractivity contribution in [2.45, 2.75) is 19.9 Å². The zero-order valence-corrected chi connectivity index (χ0v) is 14.0. The Morgan fingerprint density at radius 2 is 1.74 bits per heavy atom. The minimum absolute atomic E-state index is 0.0176. The van der Waals surface area contributed by atoms with Gasteiger partial charge in [0.1, 0.15) is 5.82 Å². The average Bonchev–Trinajstić information content (AvgIpc) is 2.53. The fraction of sp³-hybridized carbons (Fsp3) is 0.500. The fourth-order valence-corrected chi connectivity index (χ4v) is 2.75. The van der Waals surface area contributed by atoms with Gasteiger partial charge in [0.15, 0.2) is 0 Å². The third-order valence-corrected chi connectivity index (χ3v) is 4.55. The molecule has 0 aliphatic carbocycles. The SMILES string of the molecule is CC(N)C(C)C(=O)N1CCN(C(=O)c2c(F)cccc2Cl)CC1. The number of nitrogens with zero attached hydrogens (tertiary/aromatic N) is 2. The van der Waals surface area contributed by atoms with Crippen molar-refractivity contribution in [3.05, 3.63) is 34.6 Å². The largest absolute Gasteiger partial charge is 0.339 e. The van der Waals surface area contributed by atoms with Crippen LogP contribution in [0.3, 0.4) is 0 Å². The van der Waals surface area contributed by atoms with E-state index in [-0.39, 0.29) is 28.5 Å². The predicted molar refractivity (Wildman–Crippen MR) is 86.7 cm³/mol. The Balaban J connectivity index is 2.02. The summed E-state index contributed by atoms with van der Waals surface area (Å²) in [4.78, 5) is 27.9. The normalized spacial score (nSPS) is 17.8.